The molecule has 1 amide bonds. The largest absolute Gasteiger partial charge is 0.355 e. The van der Waals surface area contributed by atoms with Crippen molar-refractivity contribution in [1.82, 2.24) is 15.5 Å². The Morgan fingerprint density at radius 2 is 1.70 bits per heavy atom. The van der Waals surface area contributed by atoms with E-state index in [0.717, 1.165) is 55.4 Å². The van der Waals surface area contributed by atoms with Gasteiger partial charge in [0, 0.05) is 35.3 Å². The van der Waals surface area contributed by atoms with Crippen molar-refractivity contribution in [1.29, 1.82) is 0 Å². The quantitative estimate of drug-likeness (QED) is 0.419. The summed E-state index contributed by atoms with van der Waals surface area (Å²) in [6.45, 7) is 2.51. The topological polar surface area (TPSA) is 58.1 Å². The molecule has 5 rings (SSSR count). The lowest BCUT2D eigenvalue weighted by Crippen LogP contribution is -2.35. The van der Waals surface area contributed by atoms with Gasteiger partial charge in [-0.05, 0) is 48.6 Å². The molecule has 5 nitrogen and oxygen atoms in total. The van der Waals surface area contributed by atoms with E-state index in [1.807, 2.05) is 24.3 Å². The Labute approximate surface area is 198 Å². The first-order chi connectivity index (χ1) is 16.3. The second-order valence-electron chi connectivity index (χ2n) is 8.62. The molecule has 0 saturated carbocycles. The van der Waals surface area contributed by atoms with Crippen LogP contribution in [0.15, 0.2) is 72.1 Å². The van der Waals surface area contributed by atoms with Crippen molar-refractivity contribution in [3.05, 3.63) is 88.2 Å². The number of rotatable bonds is 7. The normalized spacial score (nSPS) is 14.5. The summed E-state index contributed by atoms with van der Waals surface area (Å²) in [4.78, 5) is 16.5. The molecule has 1 fully saturated rings. The zero-order valence-electron chi connectivity index (χ0n) is 18.6. The van der Waals surface area contributed by atoms with Gasteiger partial charge in [-0.25, -0.2) is 0 Å². The van der Waals surface area contributed by atoms with Gasteiger partial charge in [-0.15, -0.1) is 21.5 Å². The SMILES string of the molecule is O=C(NCCc1cccs1)c1nnc(N2CCC(Cc3ccccc3)CC2)c2ccccc12. The number of aromatic nitrogens is 2. The third kappa shape index (κ3) is 5.06. The number of benzene rings is 2. The fraction of sp³-hybridized carbons (Fsp3) is 0.296. The molecule has 2 aromatic carbocycles. The van der Waals surface area contributed by atoms with Gasteiger partial charge < -0.3 is 10.2 Å². The number of nitrogens with one attached hydrogen (secondary N) is 1. The third-order valence-corrected chi connectivity index (χ3v) is 7.34. The minimum absolute atomic E-state index is 0.164. The molecule has 0 spiro atoms. The molecule has 1 aliphatic heterocycles. The van der Waals surface area contributed by atoms with E-state index in [0.29, 0.717) is 18.2 Å². The first kappa shape index (κ1) is 21.6. The highest BCUT2D eigenvalue weighted by Crippen LogP contribution is 2.30. The minimum atomic E-state index is -0.164. The molecule has 1 aliphatic rings. The van der Waals surface area contributed by atoms with Crippen LogP contribution in [0.25, 0.3) is 10.8 Å². The molecular weight excluding hydrogens is 428 g/mol. The number of anilines is 1. The van der Waals surface area contributed by atoms with E-state index < -0.39 is 0 Å². The van der Waals surface area contributed by atoms with Gasteiger partial charge in [0.2, 0.25) is 0 Å². The Morgan fingerprint density at radius 1 is 0.939 bits per heavy atom. The van der Waals surface area contributed by atoms with Crippen molar-refractivity contribution in [3.8, 4) is 0 Å². The zero-order chi connectivity index (χ0) is 22.5. The highest BCUT2D eigenvalue weighted by Gasteiger charge is 2.24. The lowest BCUT2D eigenvalue weighted by molar-refractivity contribution is 0.0950. The van der Waals surface area contributed by atoms with Gasteiger partial charge in [-0.2, -0.15) is 0 Å². The number of piperidine rings is 1. The van der Waals surface area contributed by atoms with Gasteiger partial charge in [0.15, 0.2) is 11.5 Å². The molecule has 2 aromatic heterocycles. The number of carbonyl (C=O) groups is 1. The predicted octanol–water partition coefficient (Wildman–Crippen LogP) is 5.12. The number of hydrogen-bond acceptors (Lipinski definition) is 5. The summed E-state index contributed by atoms with van der Waals surface area (Å²) in [5, 5.41) is 15.8. The van der Waals surface area contributed by atoms with Crippen LogP contribution in [0.5, 0.6) is 0 Å². The van der Waals surface area contributed by atoms with Crippen molar-refractivity contribution in [3.63, 3.8) is 0 Å². The van der Waals surface area contributed by atoms with Crippen LogP contribution in [-0.2, 0) is 12.8 Å². The van der Waals surface area contributed by atoms with Crippen LogP contribution < -0.4 is 10.2 Å². The lowest BCUT2D eigenvalue weighted by atomic mass is 9.90. The Balaban J connectivity index is 1.27. The standard InChI is InChI=1S/C27H28N4OS/c32-27(28-15-12-22-9-6-18-33-22)25-23-10-4-5-11-24(23)26(30-29-25)31-16-13-21(14-17-31)19-20-7-2-1-3-8-20/h1-11,18,21H,12-17,19H2,(H,28,32). The van der Waals surface area contributed by atoms with E-state index in [-0.39, 0.29) is 5.91 Å². The first-order valence-corrected chi connectivity index (χ1v) is 12.5. The van der Waals surface area contributed by atoms with Crippen LogP contribution in [0, 0.1) is 5.92 Å². The smallest absolute Gasteiger partial charge is 0.272 e. The zero-order valence-corrected chi connectivity index (χ0v) is 19.4. The van der Waals surface area contributed by atoms with Crippen LogP contribution in [0.1, 0.15) is 33.8 Å². The summed E-state index contributed by atoms with van der Waals surface area (Å²) < 4.78 is 0. The van der Waals surface area contributed by atoms with Gasteiger partial charge in [0.1, 0.15) is 0 Å². The van der Waals surface area contributed by atoms with E-state index in [4.69, 9.17) is 0 Å². The second kappa shape index (κ2) is 10.1. The van der Waals surface area contributed by atoms with Gasteiger partial charge in [0.25, 0.3) is 5.91 Å². The summed E-state index contributed by atoms with van der Waals surface area (Å²) in [5.41, 5.74) is 1.81. The van der Waals surface area contributed by atoms with Crippen molar-refractivity contribution >= 4 is 33.8 Å². The van der Waals surface area contributed by atoms with Crippen molar-refractivity contribution in [2.24, 2.45) is 5.92 Å². The summed E-state index contributed by atoms with van der Waals surface area (Å²) in [6.07, 6.45) is 4.22. The average molecular weight is 457 g/mol. The van der Waals surface area contributed by atoms with Crippen molar-refractivity contribution in [2.75, 3.05) is 24.5 Å². The fourth-order valence-corrected chi connectivity index (χ4v) is 5.33. The third-order valence-electron chi connectivity index (χ3n) is 6.40. The summed E-state index contributed by atoms with van der Waals surface area (Å²) in [6, 6.07) is 22.9. The summed E-state index contributed by atoms with van der Waals surface area (Å²) in [7, 11) is 0. The predicted molar refractivity (Wildman–Crippen MR) is 135 cm³/mol. The fourth-order valence-electron chi connectivity index (χ4n) is 4.63. The molecule has 0 unspecified atom stereocenters. The first-order valence-electron chi connectivity index (χ1n) is 11.6. The number of nitrogens with zero attached hydrogens (tertiary/aromatic N) is 3. The van der Waals surface area contributed by atoms with E-state index in [9.17, 15) is 4.79 Å². The molecule has 6 heteroatoms. The molecule has 1 saturated heterocycles. The minimum Gasteiger partial charge on any atom is -0.355 e. The van der Waals surface area contributed by atoms with Gasteiger partial charge >= 0.3 is 0 Å². The van der Waals surface area contributed by atoms with Crippen LogP contribution in [0.3, 0.4) is 0 Å². The number of carbonyl (C=O) groups excluding carboxylic acids is 1. The number of fused-ring (bicyclic) bond motifs is 1. The molecule has 0 bridgehead atoms. The van der Waals surface area contributed by atoms with E-state index in [2.05, 4.69) is 68.3 Å². The summed E-state index contributed by atoms with van der Waals surface area (Å²) >= 11 is 1.71. The highest BCUT2D eigenvalue weighted by atomic mass is 32.1. The van der Waals surface area contributed by atoms with E-state index in [1.54, 1.807) is 11.3 Å². The Hall–Kier alpha value is -3.25. The van der Waals surface area contributed by atoms with Gasteiger partial charge in [0.05, 0.1) is 0 Å². The average Bonchev–Trinajstić information content (AvgIpc) is 3.38. The maximum absolute atomic E-state index is 12.9. The van der Waals surface area contributed by atoms with Gasteiger partial charge in [-0.3, -0.25) is 4.79 Å². The Kier molecular flexibility index (Phi) is 6.63. The monoisotopic (exact) mass is 456 g/mol. The van der Waals surface area contributed by atoms with Crippen LogP contribution in [-0.4, -0.2) is 35.7 Å². The Morgan fingerprint density at radius 3 is 2.45 bits per heavy atom. The molecule has 0 atom stereocenters. The maximum atomic E-state index is 12.9. The van der Waals surface area contributed by atoms with E-state index >= 15 is 0 Å². The van der Waals surface area contributed by atoms with Crippen molar-refractivity contribution in [2.45, 2.75) is 25.7 Å². The van der Waals surface area contributed by atoms with Gasteiger partial charge in [-0.1, -0.05) is 60.7 Å². The number of amides is 1. The maximum Gasteiger partial charge on any atom is 0.272 e. The number of thiophene rings is 1. The molecule has 168 valence electrons. The van der Waals surface area contributed by atoms with Crippen molar-refractivity contribution < 1.29 is 4.79 Å². The van der Waals surface area contributed by atoms with E-state index in [1.165, 1.54) is 10.4 Å². The molecule has 3 heterocycles. The van der Waals surface area contributed by atoms with Crippen LogP contribution in [0.4, 0.5) is 5.82 Å². The van der Waals surface area contributed by atoms with Crippen LogP contribution in [0.2, 0.25) is 0 Å². The molecule has 4 aromatic rings. The number of hydrogen-bond donors (Lipinski definition) is 1. The Bertz CT molecular complexity index is 1200. The summed E-state index contributed by atoms with van der Waals surface area (Å²) in [5.74, 6) is 1.42. The van der Waals surface area contributed by atoms with Crippen LogP contribution >= 0.6 is 11.3 Å². The molecule has 33 heavy (non-hydrogen) atoms. The molecule has 0 radical (unpaired) electrons. The lowest BCUT2D eigenvalue weighted by Gasteiger charge is -2.33. The molecule has 0 aliphatic carbocycles. The highest BCUT2D eigenvalue weighted by molar-refractivity contribution is 7.09. The second-order valence-corrected chi connectivity index (χ2v) is 9.66. The molecule has 1 N–H and O–H groups in total. The molecular formula is C27H28N4OS.